The fourth-order valence-corrected chi connectivity index (χ4v) is 3.14. The molecule has 0 aliphatic heterocycles. The smallest absolute Gasteiger partial charge is 0.416 e. The van der Waals surface area contributed by atoms with Crippen molar-refractivity contribution >= 4 is 22.5 Å². The van der Waals surface area contributed by atoms with Gasteiger partial charge in [-0.3, -0.25) is 0 Å². The van der Waals surface area contributed by atoms with Gasteiger partial charge in [-0.1, -0.05) is 0 Å². The molecule has 2 aromatic heterocycles. The molecule has 0 saturated carbocycles. The summed E-state index contributed by atoms with van der Waals surface area (Å²) >= 11 is 0. The predicted molar refractivity (Wildman–Crippen MR) is 118 cm³/mol. The molecule has 0 aliphatic rings. The normalized spacial score (nSPS) is 13.6. The molecule has 0 fully saturated rings. The number of benzene rings is 1. The Hall–Kier alpha value is -3.34. The van der Waals surface area contributed by atoms with Crippen LogP contribution in [0.3, 0.4) is 0 Å². The van der Waals surface area contributed by atoms with Crippen LogP contribution in [0.4, 0.5) is 24.7 Å². The van der Waals surface area contributed by atoms with Gasteiger partial charge in [-0.05, 0) is 44.5 Å². The van der Waals surface area contributed by atoms with Gasteiger partial charge in [0.2, 0.25) is 0 Å². The van der Waals surface area contributed by atoms with E-state index in [4.69, 9.17) is 19.9 Å². The SMILES string of the molecule is COc1nc2nc(C)nc(N[C@H](C)c3cc(N)cc(C(F)(F)F)c3)c2cc1OC[C@H](C)OC. The summed E-state index contributed by atoms with van der Waals surface area (Å²) in [6.45, 7) is 5.52. The van der Waals surface area contributed by atoms with Crippen LogP contribution in [0.15, 0.2) is 24.3 Å². The lowest BCUT2D eigenvalue weighted by Crippen LogP contribution is -2.16. The van der Waals surface area contributed by atoms with E-state index in [0.29, 0.717) is 34.0 Å². The van der Waals surface area contributed by atoms with E-state index in [1.165, 1.54) is 13.2 Å². The number of fused-ring (bicyclic) bond motifs is 1. The Bertz CT molecular complexity index is 1140. The van der Waals surface area contributed by atoms with Gasteiger partial charge < -0.3 is 25.3 Å². The van der Waals surface area contributed by atoms with Crippen molar-refractivity contribution in [3.8, 4) is 11.6 Å². The summed E-state index contributed by atoms with van der Waals surface area (Å²) in [5, 5.41) is 3.68. The fourth-order valence-electron chi connectivity index (χ4n) is 3.14. The number of pyridine rings is 1. The van der Waals surface area contributed by atoms with E-state index in [1.54, 1.807) is 27.0 Å². The lowest BCUT2D eigenvalue weighted by atomic mass is 10.0. The summed E-state index contributed by atoms with van der Waals surface area (Å²) in [6.07, 6.45) is -4.67. The molecule has 0 unspecified atom stereocenters. The first-order valence-corrected chi connectivity index (χ1v) is 10.1. The molecule has 8 nitrogen and oxygen atoms in total. The quantitative estimate of drug-likeness (QED) is 0.468. The molecule has 1 aromatic carbocycles. The number of rotatable bonds is 8. The maximum absolute atomic E-state index is 13.2. The first-order chi connectivity index (χ1) is 15.5. The van der Waals surface area contributed by atoms with Crippen LogP contribution in [0, 0.1) is 6.92 Å². The van der Waals surface area contributed by atoms with Crippen LogP contribution in [-0.4, -0.2) is 41.9 Å². The molecule has 3 rings (SSSR count). The summed E-state index contributed by atoms with van der Waals surface area (Å²) in [6, 6.07) is 4.59. The molecule has 0 aliphatic carbocycles. The number of anilines is 2. The first-order valence-electron chi connectivity index (χ1n) is 10.1. The van der Waals surface area contributed by atoms with Crippen LogP contribution in [0.25, 0.3) is 11.0 Å². The molecular formula is C22H26F3N5O3. The van der Waals surface area contributed by atoms with Crippen LogP contribution in [0.1, 0.15) is 36.8 Å². The average molecular weight is 465 g/mol. The van der Waals surface area contributed by atoms with Crippen molar-refractivity contribution in [3.05, 3.63) is 41.2 Å². The van der Waals surface area contributed by atoms with E-state index in [0.717, 1.165) is 12.1 Å². The third-order valence-corrected chi connectivity index (χ3v) is 4.96. The largest absolute Gasteiger partial charge is 0.485 e. The summed E-state index contributed by atoms with van der Waals surface area (Å²) in [7, 11) is 3.04. The van der Waals surface area contributed by atoms with E-state index in [-0.39, 0.29) is 24.3 Å². The molecule has 0 radical (unpaired) electrons. The Morgan fingerprint density at radius 2 is 1.79 bits per heavy atom. The van der Waals surface area contributed by atoms with Gasteiger partial charge >= 0.3 is 6.18 Å². The van der Waals surface area contributed by atoms with Gasteiger partial charge in [0, 0.05) is 18.9 Å². The highest BCUT2D eigenvalue weighted by molar-refractivity contribution is 5.88. The number of hydrogen-bond acceptors (Lipinski definition) is 8. The number of aryl methyl sites for hydroxylation is 1. The van der Waals surface area contributed by atoms with Gasteiger partial charge in [0.25, 0.3) is 5.88 Å². The number of alkyl halides is 3. The van der Waals surface area contributed by atoms with E-state index < -0.39 is 17.8 Å². The fraction of sp³-hybridized carbons (Fsp3) is 0.409. The van der Waals surface area contributed by atoms with Crippen molar-refractivity contribution < 1.29 is 27.4 Å². The van der Waals surface area contributed by atoms with Gasteiger partial charge in [0.05, 0.1) is 30.2 Å². The summed E-state index contributed by atoms with van der Waals surface area (Å²) in [5.74, 6) is 1.42. The number of nitrogens with zero attached hydrogens (tertiary/aromatic N) is 3. The molecule has 3 aromatic rings. The standard InChI is InChI=1S/C22H26F3N5O3/c1-11(31-4)10-33-18-9-17-19(28-13(3)29-20(17)30-21(18)32-5)27-12(2)14-6-15(22(23,24)25)8-16(26)7-14/h6-9,11-12H,10,26H2,1-5H3,(H,27,28,29,30)/t11-,12+/m0/s1. The maximum atomic E-state index is 13.2. The number of nitrogens with one attached hydrogen (secondary N) is 1. The highest BCUT2D eigenvalue weighted by atomic mass is 19.4. The van der Waals surface area contributed by atoms with Gasteiger partial charge in [-0.25, -0.2) is 9.97 Å². The number of nitrogen functional groups attached to an aromatic ring is 1. The molecule has 2 atom stereocenters. The highest BCUT2D eigenvalue weighted by Crippen LogP contribution is 2.35. The molecule has 3 N–H and O–H groups in total. The molecule has 178 valence electrons. The van der Waals surface area contributed by atoms with Gasteiger partial charge in [-0.15, -0.1) is 0 Å². The molecule has 33 heavy (non-hydrogen) atoms. The Kier molecular flexibility index (Phi) is 7.11. The lowest BCUT2D eigenvalue weighted by molar-refractivity contribution is -0.137. The van der Waals surface area contributed by atoms with Crippen molar-refractivity contribution in [2.75, 3.05) is 31.9 Å². The molecule has 11 heteroatoms. The Morgan fingerprint density at radius 3 is 2.42 bits per heavy atom. The van der Waals surface area contributed by atoms with E-state index in [1.807, 2.05) is 6.92 Å². The Balaban J connectivity index is 2.01. The monoisotopic (exact) mass is 465 g/mol. The van der Waals surface area contributed by atoms with Gasteiger partial charge in [0.15, 0.2) is 11.4 Å². The van der Waals surface area contributed by atoms with Crippen molar-refractivity contribution in [2.24, 2.45) is 0 Å². The van der Waals surface area contributed by atoms with Crippen molar-refractivity contribution in [1.82, 2.24) is 15.0 Å². The maximum Gasteiger partial charge on any atom is 0.416 e. The number of nitrogens with two attached hydrogens (primary N) is 1. The zero-order valence-corrected chi connectivity index (χ0v) is 18.9. The van der Waals surface area contributed by atoms with Crippen molar-refractivity contribution in [2.45, 2.75) is 39.1 Å². The number of halogens is 3. The zero-order valence-electron chi connectivity index (χ0n) is 18.9. The van der Waals surface area contributed by atoms with Gasteiger partial charge in [0.1, 0.15) is 18.2 Å². The van der Waals surface area contributed by atoms with Crippen molar-refractivity contribution in [1.29, 1.82) is 0 Å². The summed E-state index contributed by atoms with van der Waals surface area (Å²) in [4.78, 5) is 13.2. The van der Waals surface area contributed by atoms with Crippen LogP contribution in [0.5, 0.6) is 11.6 Å². The van der Waals surface area contributed by atoms with Crippen LogP contribution >= 0.6 is 0 Å². The van der Waals surface area contributed by atoms with Crippen molar-refractivity contribution in [3.63, 3.8) is 0 Å². The van der Waals surface area contributed by atoms with E-state index in [2.05, 4.69) is 20.3 Å². The van der Waals surface area contributed by atoms with E-state index >= 15 is 0 Å². The molecule has 0 bridgehead atoms. The number of methoxy groups -OCH3 is 2. The Morgan fingerprint density at radius 1 is 1.06 bits per heavy atom. The number of hydrogen-bond donors (Lipinski definition) is 2. The van der Waals surface area contributed by atoms with Crippen LogP contribution in [0.2, 0.25) is 0 Å². The minimum absolute atomic E-state index is 0.0200. The predicted octanol–water partition coefficient (Wildman–Crippen LogP) is 4.53. The van der Waals surface area contributed by atoms with Crippen LogP contribution in [-0.2, 0) is 10.9 Å². The second-order valence-electron chi connectivity index (χ2n) is 7.60. The molecule has 0 saturated heterocycles. The lowest BCUT2D eigenvalue weighted by Gasteiger charge is -2.19. The summed E-state index contributed by atoms with van der Waals surface area (Å²) in [5.41, 5.74) is 5.63. The second kappa shape index (κ2) is 9.65. The van der Waals surface area contributed by atoms with E-state index in [9.17, 15) is 13.2 Å². The van der Waals surface area contributed by atoms with Crippen LogP contribution < -0.4 is 20.5 Å². The first kappa shape index (κ1) is 24.3. The molecular weight excluding hydrogens is 439 g/mol. The zero-order chi connectivity index (χ0) is 24.3. The number of aromatic nitrogens is 3. The topological polar surface area (TPSA) is 104 Å². The molecule has 0 amide bonds. The minimum Gasteiger partial charge on any atom is -0.485 e. The number of ether oxygens (including phenoxy) is 3. The Labute approximate surface area is 189 Å². The minimum atomic E-state index is -4.51. The molecule has 0 spiro atoms. The van der Waals surface area contributed by atoms with Gasteiger partial charge in [-0.2, -0.15) is 18.2 Å². The third-order valence-electron chi connectivity index (χ3n) is 4.96. The average Bonchev–Trinajstić information content (AvgIpc) is 2.75. The highest BCUT2D eigenvalue weighted by Gasteiger charge is 2.31. The third kappa shape index (κ3) is 5.72. The summed E-state index contributed by atoms with van der Waals surface area (Å²) < 4.78 is 56.0. The molecule has 2 heterocycles. The second-order valence-corrected chi connectivity index (χ2v) is 7.60.